The van der Waals surface area contributed by atoms with Crippen LogP contribution in [0.4, 0.5) is 19.0 Å². The van der Waals surface area contributed by atoms with Crippen LogP contribution in [-0.4, -0.2) is 28.1 Å². The highest BCUT2D eigenvalue weighted by Gasteiger charge is 2.34. The summed E-state index contributed by atoms with van der Waals surface area (Å²) >= 11 is 5.85. The van der Waals surface area contributed by atoms with E-state index in [1.165, 1.54) is 18.6 Å². The van der Waals surface area contributed by atoms with Crippen molar-refractivity contribution in [2.45, 2.75) is 51.2 Å². The molecule has 2 aromatic rings. The van der Waals surface area contributed by atoms with Gasteiger partial charge in [-0.15, -0.1) is 0 Å². The van der Waals surface area contributed by atoms with E-state index in [4.69, 9.17) is 11.6 Å². The first-order valence-corrected chi connectivity index (χ1v) is 10.1. The Kier molecular flexibility index (Phi) is 7.02. The molecule has 3 rings (SSSR count). The molecular weight excluding hydrogens is 419 g/mol. The van der Waals surface area contributed by atoms with E-state index in [1.807, 2.05) is 6.92 Å². The number of carbonyl (C=O) groups excluding carboxylic acids is 1. The summed E-state index contributed by atoms with van der Waals surface area (Å²) in [6.45, 7) is 1.98. The fourth-order valence-corrected chi connectivity index (χ4v) is 3.61. The van der Waals surface area contributed by atoms with Gasteiger partial charge in [0, 0.05) is 22.7 Å². The smallest absolute Gasteiger partial charge is 0.353 e. The van der Waals surface area contributed by atoms with E-state index in [9.17, 15) is 18.0 Å². The molecule has 0 spiro atoms. The van der Waals surface area contributed by atoms with E-state index in [2.05, 4.69) is 25.8 Å². The van der Waals surface area contributed by atoms with Crippen molar-refractivity contribution in [3.63, 3.8) is 0 Å². The van der Waals surface area contributed by atoms with Gasteiger partial charge in [-0.05, 0) is 49.9 Å². The molecule has 1 atom stereocenters. The maximum Gasteiger partial charge on any atom is 0.435 e. The first kappa shape index (κ1) is 22.1. The third-order valence-corrected chi connectivity index (χ3v) is 5.40. The van der Waals surface area contributed by atoms with Crippen molar-refractivity contribution >= 4 is 29.3 Å². The van der Waals surface area contributed by atoms with Gasteiger partial charge in [-0.2, -0.15) is 23.3 Å². The van der Waals surface area contributed by atoms with Crippen LogP contribution in [0.25, 0.3) is 0 Å². The van der Waals surface area contributed by atoms with E-state index in [0.717, 1.165) is 31.7 Å². The number of hydrogen-bond donors (Lipinski definition) is 3. The second-order valence-electron chi connectivity index (χ2n) is 7.39. The zero-order valence-electron chi connectivity index (χ0n) is 16.4. The number of alkyl halides is 3. The molecule has 30 heavy (non-hydrogen) atoms. The third-order valence-electron chi connectivity index (χ3n) is 5.15. The van der Waals surface area contributed by atoms with Crippen LogP contribution in [0.3, 0.4) is 0 Å². The van der Waals surface area contributed by atoms with E-state index in [1.54, 1.807) is 12.1 Å². The van der Waals surface area contributed by atoms with E-state index < -0.39 is 17.8 Å². The zero-order valence-corrected chi connectivity index (χ0v) is 17.1. The standard InChI is InChI=1S/C20H23ClF3N5O/c1-12(13-5-3-2-4-6-13)25-19(26-17-11-16(28-29-17)20(22,23)24)27-18(30)14-7-9-15(21)10-8-14/h7-13H,2-6H2,1H3,(H3,25,26,27,28,29,30)/t12-/m0/s1. The minimum Gasteiger partial charge on any atom is -0.353 e. The normalized spacial score (nSPS) is 16.9. The molecule has 3 N–H and O–H groups in total. The van der Waals surface area contributed by atoms with Gasteiger partial charge in [-0.25, -0.2) is 0 Å². The minimum absolute atomic E-state index is 0.0143. The van der Waals surface area contributed by atoms with Gasteiger partial charge in [-0.3, -0.25) is 9.89 Å². The lowest BCUT2D eigenvalue weighted by Gasteiger charge is -2.29. The molecule has 1 saturated carbocycles. The molecule has 1 amide bonds. The van der Waals surface area contributed by atoms with Crippen LogP contribution in [0.5, 0.6) is 0 Å². The molecule has 0 saturated heterocycles. The topological polar surface area (TPSA) is 82.2 Å². The number of guanidine groups is 1. The minimum atomic E-state index is -4.57. The van der Waals surface area contributed by atoms with Crippen LogP contribution in [0.1, 0.15) is 55.1 Å². The summed E-state index contributed by atoms with van der Waals surface area (Å²) in [5, 5.41) is 11.9. The Labute approximate surface area is 177 Å². The summed E-state index contributed by atoms with van der Waals surface area (Å²) < 4.78 is 38.5. The molecular formula is C20H23ClF3N5O. The van der Waals surface area contributed by atoms with Gasteiger partial charge in [0.1, 0.15) is 5.82 Å². The maximum atomic E-state index is 12.8. The van der Waals surface area contributed by atoms with Gasteiger partial charge in [0.15, 0.2) is 5.69 Å². The first-order valence-electron chi connectivity index (χ1n) is 9.77. The van der Waals surface area contributed by atoms with Crippen LogP contribution in [-0.2, 0) is 6.18 Å². The highest BCUT2D eigenvalue weighted by molar-refractivity contribution is 6.30. The predicted octanol–water partition coefficient (Wildman–Crippen LogP) is 5.25. The molecule has 1 heterocycles. The molecule has 0 unspecified atom stereocenters. The fraction of sp³-hybridized carbons (Fsp3) is 0.450. The number of carbonyl (C=O) groups is 1. The molecule has 0 radical (unpaired) electrons. The van der Waals surface area contributed by atoms with Gasteiger partial charge < -0.3 is 10.6 Å². The maximum absolute atomic E-state index is 12.8. The van der Waals surface area contributed by atoms with E-state index in [-0.39, 0.29) is 17.8 Å². The van der Waals surface area contributed by atoms with Crippen LogP contribution in [0.2, 0.25) is 5.02 Å². The summed E-state index contributed by atoms with van der Waals surface area (Å²) in [7, 11) is 0. The number of rotatable bonds is 4. The molecule has 1 aliphatic carbocycles. The Balaban J connectivity index is 1.80. The molecule has 1 aliphatic rings. The van der Waals surface area contributed by atoms with Gasteiger partial charge in [-0.1, -0.05) is 30.9 Å². The number of H-pyrrole nitrogens is 1. The number of nitrogens with one attached hydrogen (secondary N) is 3. The highest BCUT2D eigenvalue weighted by Crippen LogP contribution is 2.29. The Hall–Kier alpha value is -2.55. The average molecular weight is 442 g/mol. The van der Waals surface area contributed by atoms with Crippen molar-refractivity contribution in [3.8, 4) is 0 Å². The number of aromatic nitrogens is 2. The van der Waals surface area contributed by atoms with Crippen molar-refractivity contribution in [2.75, 3.05) is 5.32 Å². The lowest BCUT2D eigenvalue weighted by Crippen LogP contribution is -2.42. The molecule has 0 aliphatic heterocycles. The van der Waals surface area contributed by atoms with Crippen molar-refractivity contribution in [3.05, 3.63) is 46.6 Å². The van der Waals surface area contributed by atoms with E-state index in [0.29, 0.717) is 16.5 Å². The lowest BCUT2D eigenvalue weighted by atomic mass is 9.84. The Bertz CT molecular complexity index is 889. The fourth-order valence-electron chi connectivity index (χ4n) is 3.48. The third kappa shape index (κ3) is 5.98. The Morgan fingerprint density at radius 3 is 2.50 bits per heavy atom. The molecule has 1 aromatic heterocycles. The summed E-state index contributed by atoms with van der Waals surface area (Å²) in [5.74, 6) is -0.115. The van der Waals surface area contributed by atoms with Gasteiger partial charge in [0.05, 0.1) is 0 Å². The molecule has 1 aromatic carbocycles. The number of benzene rings is 1. The van der Waals surface area contributed by atoms with Crippen molar-refractivity contribution in [1.82, 2.24) is 15.5 Å². The number of aliphatic imine (C=N–C) groups is 1. The van der Waals surface area contributed by atoms with Crippen LogP contribution in [0.15, 0.2) is 35.3 Å². The summed E-state index contributed by atoms with van der Waals surface area (Å²) in [5.41, 5.74) is -0.750. The first-order chi connectivity index (χ1) is 14.2. The number of halogens is 4. The summed E-state index contributed by atoms with van der Waals surface area (Å²) in [4.78, 5) is 16.6. The van der Waals surface area contributed by atoms with Gasteiger partial charge in [0.2, 0.25) is 5.96 Å². The highest BCUT2D eigenvalue weighted by atomic mass is 35.5. The average Bonchev–Trinajstić information content (AvgIpc) is 3.18. The zero-order chi connectivity index (χ0) is 21.7. The molecule has 10 heteroatoms. The van der Waals surface area contributed by atoms with Gasteiger partial charge in [0.25, 0.3) is 5.91 Å². The summed E-state index contributed by atoms with van der Waals surface area (Å²) in [6, 6.07) is 7.03. The Morgan fingerprint density at radius 1 is 1.23 bits per heavy atom. The van der Waals surface area contributed by atoms with E-state index >= 15 is 0 Å². The molecule has 0 bridgehead atoms. The second-order valence-corrected chi connectivity index (χ2v) is 7.83. The van der Waals surface area contributed by atoms with Crippen molar-refractivity contribution in [1.29, 1.82) is 0 Å². The quantitative estimate of drug-likeness (QED) is 0.447. The van der Waals surface area contributed by atoms with Crippen molar-refractivity contribution < 1.29 is 18.0 Å². The monoisotopic (exact) mass is 441 g/mol. The second kappa shape index (κ2) is 9.51. The number of nitrogens with zero attached hydrogens (tertiary/aromatic N) is 2. The van der Waals surface area contributed by atoms with Crippen LogP contribution in [0, 0.1) is 5.92 Å². The van der Waals surface area contributed by atoms with Crippen LogP contribution >= 0.6 is 11.6 Å². The molecule has 6 nitrogen and oxygen atoms in total. The Morgan fingerprint density at radius 2 is 1.90 bits per heavy atom. The van der Waals surface area contributed by atoms with Gasteiger partial charge >= 0.3 is 6.18 Å². The van der Waals surface area contributed by atoms with Crippen molar-refractivity contribution in [2.24, 2.45) is 10.9 Å². The molecule has 1 fully saturated rings. The number of aromatic amines is 1. The largest absolute Gasteiger partial charge is 0.435 e. The molecule has 162 valence electrons. The lowest BCUT2D eigenvalue weighted by molar-refractivity contribution is -0.141. The predicted molar refractivity (Wildman–Crippen MR) is 110 cm³/mol. The van der Waals surface area contributed by atoms with Crippen LogP contribution < -0.4 is 10.6 Å². The number of hydrogen-bond acceptors (Lipinski definition) is 2. The number of amides is 1. The summed E-state index contributed by atoms with van der Waals surface area (Å²) in [6.07, 6.45) is 0.997. The SMILES string of the molecule is C[C@H](N/C(=N\C(=O)c1ccc(Cl)cc1)Nc1cc(C(F)(F)F)n[nH]1)C1CCCCC1. The number of anilines is 1.